The highest BCUT2D eigenvalue weighted by Gasteiger charge is 2.05. The van der Waals surface area contributed by atoms with Crippen molar-refractivity contribution < 1.29 is 4.79 Å². The Kier molecular flexibility index (Phi) is 5.64. The second-order valence-electron chi connectivity index (χ2n) is 3.69. The minimum Gasteiger partial charge on any atom is -0.352 e. The minimum absolute atomic E-state index is 0.0928. The molecule has 0 aliphatic rings. The van der Waals surface area contributed by atoms with E-state index < -0.39 is 0 Å². The number of carbonyl (C=O) groups is 1. The van der Waals surface area contributed by atoms with Gasteiger partial charge in [0.25, 0.3) is 5.91 Å². The fraction of sp³-hybridized carbons (Fsp3) is 0.417. The normalized spacial score (nSPS) is 12.2. The van der Waals surface area contributed by atoms with Crippen molar-refractivity contribution in [2.45, 2.75) is 25.1 Å². The maximum Gasteiger partial charge on any atom is 0.251 e. The van der Waals surface area contributed by atoms with Crippen LogP contribution in [0.3, 0.4) is 0 Å². The number of amides is 1. The fourth-order valence-corrected chi connectivity index (χ4v) is 1.66. The van der Waals surface area contributed by atoms with Crippen LogP contribution in [-0.2, 0) is 0 Å². The van der Waals surface area contributed by atoms with Crippen LogP contribution in [0.5, 0.6) is 0 Å². The van der Waals surface area contributed by atoms with E-state index in [0.29, 0.717) is 17.1 Å². The standard InChI is InChI=1S/C12H15Cl2NO/c1-9(13)4-3-7-15-12(16)10-5-2-6-11(14)8-10/h2,5-6,8-9H,3-4,7H2,1H3,(H,15,16). The maximum atomic E-state index is 11.6. The molecule has 1 aromatic rings. The van der Waals surface area contributed by atoms with Crippen molar-refractivity contribution in [3.8, 4) is 0 Å². The molecule has 1 atom stereocenters. The average Bonchev–Trinajstić information content (AvgIpc) is 2.24. The van der Waals surface area contributed by atoms with E-state index in [9.17, 15) is 4.79 Å². The molecule has 16 heavy (non-hydrogen) atoms. The number of benzene rings is 1. The Bertz CT molecular complexity index is 353. The monoisotopic (exact) mass is 259 g/mol. The van der Waals surface area contributed by atoms with Crippen LogP contribution in [-0.4, -0.2) is 17.8 Å². The van der Waals surface area contributed by atoms with Gasteiger partial charge in [0, 0.05) is 22.5 Å². The summed E-state index contributed by atoms with van der Waals surface area (Å²) in [6.07, 6.45) is 1.79. The molecular weight excluding hydrogens is 245 g/mol. The van der Waals surface area contributed by atoms with E-state index in [0.717, 1.165) is 12.8 Å². The topological polar surface area (TPSA) is 29.1 Å². The maximum absolute atomic E-state index is 11.6. The molecule has 0 radical (unpaired) electrons. The Hall–Kier alpha value is -0.730. The Labute approximate surface area is 106 Å². The van der Waals surface area contributed by atoms with E-state index in [4.69, 9.17) is 23.2 Å². The van der Waals surface area contributed by atoms with Crippen molar-refractivity contribution in [2.75, 3.05) is 6.54 Å². The molecule has 0 fully saturated rings. The van der Waals surface area contributed by atoms with Crippen molar-refractivity contribution >= 4 is 29.1 Å². The van der Waals surface area contributed by atoms with Gasteiger partial charge < -0.3 is 5.32 Å². The molecule has 1 amide bonds. The van der Waals surface area contributed by atoms with Crippen LogP contribution in [0, 0.1) is 0 Å². The highest BCUT2D eigenvalue weighted by Crippen LogP contribution is 2.10. The van der Waals surface area contributed by atoms with Crippen molar-refractivity contribution in [3.05, 3.63) is 34.9 Å². The lowest BCUT2D eigenvalue weighted by Gasteiger charge is -2.06. The summed E-state index contributed by atoms with van der Waals surface area (Å²) < 4.78 is 0. The summed E-state index contributed by atoms with van der Waals surface area (Å²) in [5, 5.41) is 3.55. The minimum atomic E-state index is -0.0928. The van der Waals surface area contributed by atoms with Gasteiger partial charge in [-0.3, -0.25) is 4.79 Å². The van der Waals surface area contributed by atoms with Crippen LogP contribution < -0.4 is 5.32 Å². The summed E-state index contributed by atoms with van der Waals surface area (Å²) in [6.45, 7) is 2.59. The predicted molar refractivity (Wildman–Crippen MR) is 68.3 cm³/mol. The third-order valence-corrected chi connectivity index (χ3v) is 2.60. The summed E-state index contributed by atoms with van der Waals surface area (Å²) in [5.74, 6) is -0.0928. The van der Waals surface area contributed by atoms with E-state index in [1.165, 1.54) is 0 Å². The van der Waals surface area contributed by atoms with Crippen LogP contribution in [0.2, 0.25) is 5.02 Å². The number of hydrogen-bond acceptors (Lipinski definition) is 1. The van der Waals surface area contributed by atoms with Crippen LogP contribution in [0.4, 0.5) is 0 Å². The molecule has 88 valence electrons. The largest absolute Gasteiger partial charge is 0.352 e. The van der Waals surface area contributed by atoms with Gasteiger partial charge in [-0.15, -0.1) is 11.6 Å². The first-order chi connectivity index (χ1) is 7.59. The van der Waals surface area contributed by atoms with Gasteiger partial charge >= 0.3 is 0 Å². The first-order valence-corrected chi connectivity index (χ1v) is 6.09. The SMILES string of the molecule is CC(Cl)CCCNC(=O)c1cccc(Cl)c1. The van der Waals surface area contributed by atoms with Crippen molar-refractivity contribution in [1.29, 1.82) is 0 Å². The van der Waals surface area contributed by atoms with Gasteiger partial charge in [0.05, 0.1) is 0 Å². The van der Waals surface area contributed by atoms with Gasteiger partial charge in [-0.1, -0.05) is 17.7 Å². The lowest BCUT2D eigenvalue weighted by molar-refractivity contribution is 0.0953. The molecule has 0 aromatic heterocycles. The molecule has 0 aliphatic carbocycles. The first kappa shape index (κ1) is 13.3. The molecule has 1 unspecified atom stereocenters. The van der Waals surface area contributed by atoms with E-state index in [1.807, 2.05) is 6.92 Å². The molecule has 0 aliphatic heterocycles. The Morgan fingerprint density at radius 2 is 2.25 bits per heavy atom. The lowest BCUT2D eigenvalue weighted by Crippen LogP contribution is -2.24. The fourth-order valence-electron chi connectivity index (χ4n) is 1.32. The third-order valence-electron chi connectivity index (χ3n) is 2.15. The Morgan fingerprint density at radius 3 is 2.88 bits per heavy atom. The Balaban J connectivity index is 2.35. The van der Waals surface area contributed by atoms with E-state index in [1.54, 1.807) is 24.3 Å². The molecule has 1 rings (SSSR count). The van der Waals surface area contributed by atoms with Crippen LogP contribution >= 0.6 is 23.2 Å². The predicted octanol–water partition coefficient (Wildman–Crippen LogP) is 3.48. The lowest BCUT2D eigenvalue weighted by atomic mass is 10.2. The molecule has 0 heterocycles. The van der Waals surface area contributed by atoms with E-state index in [-0.39, 0.29) is 11.3 Å². The van der Waals surface area contributed by atoms with Gasteiger partial charge in [0.2, 0.25) is 0 Å². The second kappa shape index (κ2) is 6.77. The third kappa shape index (κ3) is 4.86. The van der Waals surface area contributed by atoms with Crippen molar-refractivity contribution in [2.24, 2.45) is 0 Å². The molecule has 2 nitrogen and oxygen atoms in total. The van der Waals surface area contributed by atoms with Crippen molar-refractivity contribution in [3.63, 3.8) is 0 Å². The quantitative estimate of drug-likeness (QED) is 0.637. The zero-order valence-corrected chi connectivity index (χ0v) is 10.7. The molecule has 0 spiro atoms. The summed E-state index contributed by atoms with van der Waals surface area (Å²) in [7, 11) is 0. The highest BCUT2D eigenvalue weighted by atomic mass is 35.5. The van der Waals surface area contributed by atoms with Gasteiger partial charge in [-0.25, -0.2) is 0 Å². The molecule has 1 aromatic carbocycles. The summed E-state index contributed by atoms with van der Waals surface area (Å²) in [5.41, 5.74) is 0.589. The Morgan fingerprint density at radius 1 is 1.50 bits per heavy atom. The van der Waals surface area contributed by atoms with Gasteiger partial charge in [0.1, 0.15) is 0 Å². The summed E-state index contributed by atoms with van der Waals surface area (Å²) in [4.78, 5) is 11.6. The van der Waals surface area contributed by atoms with Crippen LogP contribution in [0.25, 0.3) is 0 Å². The molecule has 0 saturated heterocycles. The average molecular weight is 260 g/mol. The second-order valence-corrected chi connectivity index (χ2v) is 4.87. The summed E-state index contributed by atoms with van der Waals surface area (Å²) >= 11 is 11.6. The number of hydrogen-bond donors (Lipinski definition) is 1. The van der Waals surface area contributed by atoms with E-state index in [2.05, 4.69) is 5.32 Å². The number of alkyl halides is 1. The van der Waals surface area contributed by atoms with Gasteiger partial charge in [-0.2, -0.15) is 0 Å². The highest BCUT2D eigenvalue weighted by molar-refractivity contribution is 6.30. The number of carbonyl (C=O) groups excluding carboxylic acids is 1. The van der Waals surface area contributed by atoms with Crippen LogP contribution in [0.1, 0.15) is 30.1 Å². The number of halogens is 2. The molecule has 0 bridgehead atoms. The van der Waals surface area contributed by atoms with Crippen LogP contribution in [0.15, 0.2) is 24.3 Å². The first-order valence-electron chi connectivity index (χ1n) is 5.27. The van der Waals surface area contributed by atoms with E-state index >= 15 is 0 Å². The molecule has 0 saturated carbocycles. The number of nitrogens with one attached hydrogen (secondary N) is 1. The number of rotatable bonds is 5. The van der Waals surface area contributed by atoms with Gasteiger partial charge in [-0.05, 0) is 38.0 Å². The molecule has 4 heteroatoms. The van der Waals surface area contributed by atoms with Gasteiger partial charge in [0.15, 0.2) is 0 Å². The molecule has 1 N–H and O–H groups in total. The smallest absolute Gasteiger partial charge is 0.251 e. The summed E-state index contributed by atoms with van der Waals surface area (Å²) in [6, 6.07) is 6.90. The zero-order valence-electron chi connectivity index (χ0n) is 9.17. The van der Waals surface area contributed by atoms with Crippen molar-refractivity contribution in [1.82, 2.24) is 5.32 Å². The molecular formula is C12H15Cl2NO. The zero-order chi connectivity index (χ0) is 12.0.